The minimum Gasteiger partial charge on any atom is -0.298 e. The number of fused-ring (bicyclic) bond motifs is 1. The Morgan fingerprint density at radius 2 is 2.50 bits per heavy atom. The summed E-state index contributed by atoms with van der Waals surface area (Å²) in [4.78, 5) is 22.0. The molecule has 2 aliphatic rings. The molecule has 0 aliphatic carbocycles. The standard InChI is InChI=1S/C9H12N2O3/c1-7(12)9-3-2-4-13-11(9)14-8(5-9)6-10/h8H,2-5H2,1H3/t8?,9-/m1/s1. The highest BCUT2D eigenvalue weighted by Crippen LogP contribution is 2.39. The molecule has 0 spiro atoms. The lowest BCUT2D eigenvalue weighted by Gasteiger charge is -2.36. The molecule has 2 aliphatic heterocycles. The van der Waals surface area contributed by atoms with Crippen LogP contribution in [0.1, 0.15) is 26.2 Å². The van der Waals surface area contributed by atoms with Crippen molar-refractivity contribution in [2.75, 3.05) is 6.61 Å². The Kier molecular flexibility index (Phi) is 2.27. The van der Waals surface area contributed by atoms with E-state index in [2.05, 4.69) is 0 Å². The van der Waals surface area contributed by atoms with Gasteiger partial charge in [-0.15, -0.1) is 0 Å². The molecule has 2 heterocycles. The molecule has 0 N–H and O–H groups in total. The quantitative estimate of drug-likeness (QED) is 0.613. The molecule has 14 heavy (non-hydrogen) atoms. The Morgan fingerprint density at radius 1 is 1.71 bits per heavy atom. The lowest BCUT2D eigenvalue weighted by molar-refractivity contribution is -0.392. The summed E-state index contributed by atoms with van der Waals surface area (Å²) in [6.07, 6.45) is 1.40. The number of carbonyl (C=O) groups excluding carboxylic acids is 1. The zero-order chi connectivity index (χ0) is 10.2. The summed E-state index contributed by atoms with van der Waals surface area (Å²) in [7, 11) is 0. The summed E-state index contributed by atoms with van der Waals surface area (Å²) in [6, 6.07) is 2.00. The number of hydrogen-bond acceptors (Lipinski definition) is 5. The van der Waals surface area contributed by atoms with E-state index in [0.717, 1.165) is 6.42 Å². The maximum Gasteiger partial charge on any atom is 0.170 e. The first-order valence-corrected chi connectivity index (χ1v) is 4.69. The fourth-order valence-corrected chi connectivity index (χ4v) is 2.01. The van der Waals surface area contributed by atoms with E-state index in [-0.39, 0.29) is 5.78 Å². The molecule has 2 rings (SSSR count). The average Bonchev–Trinajstić information content (AvgIpc) is 2.57. The number of nitrogens with zero attached hydrogens (tertiary/aromatic N) is 2. The molecule has 2 fully saturated rings. The number of hydrogen-bond donors (Lipinski definition) is 0. The van der Waals surface area contributed by atoms with Crippen LogP contribution in [-0.2, 0) is 14.5 Å². The van der Waals surface area contributed by atoms with Gasteiger partial charge in [-0.3, -0.25) is 14.5 Å². The van der Waals surface area contributed by atoms with E-state index in [0.29, 0.717) is 19.4 Å². The second-order valence-corrected chi connectivity index (χ2v) is 3.71. The molecule has 0 aromatic carbocycles. The summed E-state index contributed by atoms with van der Waals surface area (Å²) < 4.78 is 0. The van der Waals surface area contributed by atoms with Crippen LogP contribution in [0.5, 0.6) is 0 Å². The van der Waals surface area contributed by atoms with Crippen molar-refractivity contribution in [2.24, 2.45) is 0 Å². The zero-order valence-electron chi connectivity index (χ0n) is 8.02. The number of ketones is 1. The molecule has 5 heteroatoms. The average molecular weight is 196 g/mol. The van der Waals surface area contributed by atoms with Crippen molar-refractivity contribution in [1.29, 1.82) is 5.26 Å². The number of carbonyl (C=O) groups is 1. The van der Waals surface area contributed by atoms with Crippen LogP contribution < -0.4 is 0 Å². The third-order valence-electron chi connectivity index (χ3n) is 2.84. The van der Waals surface area contributed by atoms with Crippen LogP contribution in [0, 0.1) is 11.3 Å². The summed E-state index contributed by atoms with van der Waals surface area (Å²) >= 11 is 0. The molecular weight excluding hydrogens is 184 g/mol. The molecule has 0 aromatic rings. The van der Waals surface area contributed by atoms with Gasteiger partial charge in [0.25, 0.3) is 0 Å². The van der Waals surface area contributed by atoms with E-state index in [1.54, 1.807) is 0 Å². The van der Waals surface area contributed by atoms with Crippen LogP contribution >= 0.6 is 0 Å². The van der Waals surface area contributed by atoms with E-state index in [9.17, 15) is 4.79 Å². The van der Waals surface area contributed by atoms with E-state index >= 15 is 0 Å². The normalized spacial score (nSPS) is 37.6. The van der Waals surface area contributed by atoms with E-state index in [1.165, 1.54) is 12.2 Å². The van der Waals surface area contributed by atoms with Gasteiger partial charge in [0.05, 0.1) is 12.7 Å². The van der Waals surface area contributed by atoms with Crippen molar-refractivity contribution in [2.45, 2.75) is 37.8 Å². The topological polar surface area (TPSA) is 62.6 Å². The molecule has 5 nitrogen and oxygen atoms in total. The highest BCUT2D eigenvalue weighted by Gasteiger charge is 2.53. The van der Waals surface area contributed by atoms with Gasteiger partial charge in [-0.05, 0) is 19.8 Å². The maximum atomic E-state index is 11.6. The first-order valence-electron chi connectivity index (χ1n) is 4.69. The van der Waals surface area contributed by atoms with Crippen LogP contribution in [0.4, 0.5) is 0 Å². The predicted octanol–water partition coefficient (Wildman–Crippen LogP) is 0.569. The Hall–Kier alpha value is -0.960. The molecular formula is C9H12N2O3. The second-order valence-electron chi connectivity index (χ2n) is 3.71. The van der Waals surface area contributed by atoms with Gasteiger partial charge in [-0.2, -0.15) is 5.26 Å². The van der Waals surface area contributed by atoms with E-state index in [4.69, 9.17) is 14.9 Å². The number of Topliss-reactive ketones (excluding diaryl/α,β-unsaturated/α-hetero) is 1. The molecule has 0 bridgehead atoms. The Labute approximate surface area is 82.1 Å². The first-order chi connectivity index (χ1) is 6.69. The van der Waals surface area contributed by atoms with Crippen LogP contribution in [0.2, 0.25) is 0 Å². The van der Waals surface area contributed by atoms with Gasteiger partial charge >= 0.3 is 0 Å². The van der Waals surface area contributed by atoms with Gasteiger partial charge in [-0.25, -0.2) is 0 Å². The van der Waals surface area contributed by atoms with Crippen LogP contribution in [-0.4, -0.2) is 29.3 Å². The molecule has 0 amide bonds. The van der Waals surface area contributed by atoms with Gasteiger partial charge < -0.3 is 0 Å². The first kappa shape index (κ1) is 9.59. The minimum atomic E-state index is -0.710. The fourth-order valence-electron chi connectivity index (χ4n) is 2.01. The molecule has 2 saturated heterocycles. The summed E-state index contributed by atoms with van der Waals surface area (Å²) in [5.41, 5.74) is -0.710. The van der Waals surface area contributed by atoms with Crippen molar-refractivity contribution in [1.82, 2.24) is 5.23 Å². The van der Waals surface area contributed by atoms with Gasteiger partial charge in [0.2, 0.25) is 0 Å². The largest absolute Gasteiger partial charge is 0.298 e. The van der Waals surface area contributed by atoms with Crippen molar-refractivity contribution < 1.29 is 14.5 Å². The van der Waals surface area contributed by atoms with E-state index < -0.39 is 11.6 Å². The lowest BCUT2D eigenvalue weighted by Crippen LogP contribution is -2.51. The summed E-state index contributed by atoms with van der Waals surface area (Å²) in [5.74, 6) is 0.00921. The van der Waals surface area contributed by atoms with Crippen molar-refractivity contribution in [3.8, 4) is 6.07 Å². The van der Waals surface area contributed by atoms with Crippen LogP contribution in [0.15, 0.2) is 0 Å². The Morgan fingerprint density at radius 3 is 3.07 bits per heavy atom. The predicted molar refractivity (Wildman–Crippen MR) is 45.5 cm³/mol. The van der Waals surface area contributed by atoms with Gasteiger partial charge in [0.1, 0.15) is 5.54 Å². The lowest BCUT2D eigenvalue weighted by atomic mass is 9.85. The monoisotopic (exact) mass is 196 g/mol. The SMILES string of the molecule is CC(=O)[C@]12CCCON1OC(C#N)C2. The highest BCUT2D eigenvalue weighted by molar-refractivity contribution is 5.86. The highest BCUT2D eigenvalue weighted by atomic mass is 17.0. The molecule has 2 atom stereocenters. The molecule has 0 aromatic heterocycles. The number of nitriles is 1. The fraction of sp³-hybridized carbons (Fsp3) is 0.778. The smallest absolute Gasteiger partial charge is 0.170 e. The van der Waals surface area contributed by atoms with Crippen molar-refractivity contribution >= 4 is 5.78 Å². The van der Waals surface area contributed by atoms with Crippen LogP contribution in [0.25, 0.3) is 0 Å². The third kappa shape index (κ3) is 1.23. The maximum absolute atomic E-state index is 11.6. The number of hydroxylamine groups is 2. The third-order valence-corrected chi connectivity index (χ3v) is 2.84. The minimum absolute atomic E-state index is 0.00921. The van der Waals surface area contributed by atoms with Gasteiger partial charge in [0.15, 0.2) is 11.9 Å². The van der Waals surface area contributed by atoms with Crippen molar-refractivity contribution in [3.63, 3.8) is 0 Å². The molecule has 0 radical (unpaired) electrons. The molecule has 0 saturated carbocycles. The summed E-state index contributed by atoms with van der Waals surface area (Å²) in [5, 5.41) is 9.98. The number of rotatable bonds is 1. The van der Waals surface area contributed by atoms with E-state index in [1.807, 2.05) is 6.07 Å². The van der Waals surface area contributed by atoms with Gasteiger partial charge in [-0.1, -0.05) is 5.23 Å². The Balaban J connectivity index is 2.26. The van der Waals surface area contributed by atoms with Gasteiger partial charge in [0, 0.05) is 6.42 Å². The Bertz CT molecular complexity index is 299. The molecule has 76 valence electrons. The molecule has 1 unspecified atom stereocenters. The zero-order valence-corrected chi connectivity index (χ0v) is 8.02. The summed E-state index contributed by atoms with van der Waals surface area (Å²) in [6.45, 7) is 2.07. The van der Waals surface area contributed by atoms with Crippen LogP contribution in [0.3, 0.4) is 0 Å². The van der Waals surface area contributed by atoms with Crippen molar-refractivity contribution in [3.05, 3.63) is 0 Å². The second kappa shape index (κ2) is 3.31.